The maximum atomic E-state index is 2.76. The van der Waals surface area contributed by atoms with Crippen LogP contribution in [0.25, 0.3) is 10.1 Å². The number of nitrogens with zero attached hydrogens (tertiary/aromatic N) is 3. The van der Waals surface area contributed by atoms with Crippen molar-refractivity contribution in [1.29, 1.82) is 0 Å². The molecule has 0 radical (unpaired) electrons. The van der Waals surface area contributed by atoms with Gasteiger partial charge >= 0.3 is 0 Å². The Morgan fingerprint density at radius 3 is 1.44 bits per heavy atom. The summed E-state index contributed by atoms with van der Waals surface area (Å²) in [5, 5.41) is 1.37. The molecule has 2 aliphatic heterocycles. The van der Waals surface area contributed by atoms with Gasteiger partial charge in [0.05, 0.1) is 11.4 Å². The van der Waals surface area contributed by atoms with E-state index in [0.29, 0.717) is 11.8 Å². The Balaban J connectivity index is 1.25. The second kappa shape index (κ2) is 18.2. The first-order chi connectivity index (χ1) is 37.0. The van der Waals surface area contributed by atoms with Crippen molar-refractivity contribution in [3.63, 3.8) is 0 Å². The van der Waals surface area contributed by atoms with Gasteiger partial charge in [-0.05, 0) is 204 Å². The molecule has 0 unspecified atom stereocenters. The highest BCUT2D eigenvalue weighted by atomic mass is 32.1. The minimum atomic E-state index is -0.0540. The number of hydrogen-bond donors (Lipinski definition) is 0. The van der Waals surface area contributed by atoms with Crippen LogP contribution in [0, 0.1) is 0 Å². The summed E-state index contributed by atoms with van der Waals surface area (Å²) in [6.45, 7) is 43.1. The second-order valence-electron chi connectivity index (χ2n) is 29.6. The molecular weight excluding hydrogens is 974 g/mol. The fourth-order valence-corrected chi connectivity index (χ4v) is 15.3. The Labute approximate surface area is 479 Å². The van der Waals surface area contributed by atoms with Crippen LogP contribution in [0.3, 0.4) is 0 Å². The van der Waals surface area contributed by atoms with Crippen LogP contribution in [0.2, 0.25) is 0 Å². The number of thiophene rings is 1. The number of anilines is 9. The minimum absolute atomic E-state index is 0.0137. The lowest BCUT2D eigenvalue weighted by molar-refractivity contribution is 0.332. The van der Waals surface area contributed by atoms with Crippen LogP contribution in [0.15, 0.2) is 133 Å². The van der Waals surface area contributed by atoms with Crippen molar-refractivity contribution >= 4 is 95.0 Å². The third-order valence-electron chi connectivity index (χ3n) is 19.5. The Morgan fingerprint density at radius 2 is 0.924 bits per heavy atom. The maximum absolute atomic E-state index is 2.76. The monoisotopic (exact) mass is 1060 g/mol. The second-order valence-corrected chi connectivity index (χ2v) is 30.7. The van der Waals surface area contributed by atoms with E-state index in [1.54, 1.807) is 0 Å². The lowest BCUT2D eigenvalue weighted by atomic mass is 9.36. The molecule has 406 valence electrons. The van der Waals surface area contributed by atoms with Crippen molar-refractivity contribution in [2.45, 2.75) is 195 Å². The van der Waals surface area contributed by atoms with E-state index < -0.39 is 0 Å². The van der Waals surface area contributed by atoms with Gasteiger partial charge in [-0.1, -0.05) is 179 Å². The first-order valence-corrected chi connectivity index (χ1v) is 30.7. The van der Waals surface area contributed by atoms with Gasteiger partial charge in [-0.25, -0.2) is 0 Å². The van der Waals surface area contributed by atoms with Crippen molar-refractivity contribution in [1.82, 2.24) is 0 Å². The molecule has 0 saturated heterocycles. The molecule has 5 heteroatoms. The number of benzene rings is 7. The van der Waals surface area contributed by atoms with E-state index >= 15 is 0 Å². The van der Waals surface area contributed by atoms with E-state index in [0.717, 1.165) is 23.5 Å². The topological polar surface area (TPSA) is 9.72 Å². The Kier molecular flexibility index (Phi) is 12.4. The summed E-state index contributed by atoms with van der Waals surface area (Å²) >= 11 is 2.06. The molecule has 7 aromatic carbocycles. The standard InChI is InChI=1S/C74H86BN3S/c1-45(2)47-19-26-51(27-20-47)76(52-28-21-48(22-29-52)46(3)4)55-41-63-66-64(42-55)78(54-32-33-57-58(40-54)72(13,14)36-35-71(57,11)12)67-56-43-59-60(74(17,18)38-37-73(59,15)16)44-65(56)79-68(67)75(66)61-39-50(70(8,9)10)25-34-62(61)77(63)53-30-23-49(24-31-53)69(5,6)7/h19-34,39-46H,35-38H2,1-18H3. The molecule has 4 aliphatic rings. The summed E-state index contributed by atoms with van der Waals surface area (Å²) in [5.41, 5.74) is 25.3. The van der Waals surface area contributed by atoms with Crippen molar-refractivity contribution in [2.75, 3.05) is 14.7 Å². The van der Waals surface area contributed by atoms with Crippen molar-refractivity contribution < 1.29 is 0 Å². The largest absolute Gasteiger partial charge is 0.311 e. The van der Waals surface area contributed by atoms with Crippen LogP contribution < -0.4 is 30.4 Å². The van der Waals surface area contributed by atoms with Crippen LogP contribution in [0.4, 0.5) is 51.2 Å². The molecular formula is C74H86BN3S. The summed E-state index contributed by atoms with van der Waals surface area (Å²) in [6.07, 6.45) is 4.69. The molecule has 79 heavy (non-hydrogen) atoms. The van der Waals surface area contributed by atoms with E-state index in [9.17, 15) is 0 Å². The Bertz CT molecular complexity index is 3650. The Hall–Kier alpha value is -6.04. The average molecular weight is 1060 g/mol. The fourth-order valence-electron chi connectivity index (χ4n) is 14.0. The van der Waals surface area contributed by atoms with Gasteiger partial charge in [0.25, 0.3) is 6.71 Å². The molecule has 12 rings (SSSR count). The normalized spacial score (nSPS) is 17.6. The number of fused-ring (bicyclic) bond motifs is 8. The third-order valence-corrected chi connectivity index (χ3v) is 20.7. The molecule has 3 heterocycles. The zero-order valence-corrected chi connectivity index (χ0v) is 51.8. The molecule has 0 fully saturated rings. The molecule has 0 amide bonds. The van der Waals surface area contributed by atoms with Gasteiger partial charge in [-0.3, -0.25) is 0 Å². The van der Waals surface area contributed by atoms with E-state index in [1.165, 1.54) is 124 Å². The molecule has 3 nitrogen and oxygen atoms in total. The van der Waals surface area contributed by atoms with Crippen LogP contribution in [0.5, 0.6) is 0 Å². The summed E-state index contributed by atoms with van der Waals surface area (Å²) in [4.78, 5) is 7.94. The predicted molar refractivity (Wildman–Crippen MR) is 347 cm³/mol. The molecule has 2 aliphatic carbocycles. The van der Waals surface area contributed by atoms with Crippen LogP contribution in [0.1, 0.15) is 207 Å². The van der Waals surface area contributed by atoms with Gasteiger partial charge in [0.1, 0.15) is 0 Å². The van der Waals surface area contributed by atoms with Crippen molar-refractivity contribution in [3.8, 4) is 0 Å². The third kappa shape index (κ3) is 8.81. The SMILES string of the molecule is CC(C)c1ccc(N(c2ccc(C(C)C)cc2)c2cc3c4c(c2)N(c2ccc5c(c2)C(C)(C)CCC5(C)C)c2c(sc5cc6c(cc25)C(C)(C)CCC6(C)C)B4c2cc(C(C)(C)C)ccc2N3c2ccc(C(C)(C)C)cc2)cc1. The number of rotatable bonds is 7. The highest BCUT2D eigenvalue weighted by Crippen LogP contribution is 2.56. The fraction of sp³-hybridized carbons (Fsp3) is 0.405. The first-order valence-electron chi connectivity index (χ1n) is 29.8. The smallest absolute Gasteiger partial charge is 0.264 e. The molecule has 0 spiro atoms. The zero-order valence-electron chi connectivity index (χ0n) is 51.0. The summed E-state index contributed by atoms with van der Waals surface area (Å²) < 4.78 is 2.83. The van der Waals surface area contributed by atoms with Gasteiger partial charge in [0.15, 0.2) is 0 Å². The van der Waals surface area contributed by atoms with Gasteiger partial charge in [0, 0.05) is 54.7 Å². The van der Waals surface area contributed by atoms with Crippen LogP contribution in [-0.2, 0) is 32.5 Å². The first kappa shape index (κ1) is 53.6. The molecule has 8 aromatic rings. The van der Waals surface area contributed by atoms with E-state index in [-0.39, 0.29) is 39.2 Å². The van der Waals surface area contributed by atoms with Gasteiger partial charge in [-0.2, -0.15) is 0 Å². The van der Waals surface area contributed by atoms with Crippen LogP contribution in [-0.4, -0.2) is 6.71 Å². The van der Waals surface area contributed by atoms with Crippen molar-refractivity contribution in [2.24, 2.45) is 0 Å². The maximum Gasteiger partial charge on any atom is 0.264 e. The lowest BCUT2D eigenvalue weighted by Crippen LogP contribution is -2.60. The average Bonchev–Trinajstić information content (AvgIpc) is 4.07. The summed E-state index contributed by atoms with van der Waals surface area (Å²) in [6, 6.07) is 53.9. The predicted octanol–water partition coefficient (Wildman–Crippen LogP) is 20.0. The summed E-state index contributed by atoms with van der Waals surface area (Å²) in [5.74, 6) is 0.848. The quantitative estimate of drug-likeness (QED) is 0.147. The lowest BCUT2D eigenvalue weighted by Gasteiger charge is -2.45. The van der Waals surface area contributed by atoms with Gasteiger partial charge in [0.2, 0.25) is 0 Å². The van der Waals surface area contributed by atoms with Gasteiger partial charge < -0.3 is 14.7 Å². The molecule has 0 saturated carbocycles. The zero-order chi connectivity index (χ0) is 56.3. The molecule has 0 atom stereocenters. The minimum Gasteiger partial charge on any atom is -0.311 e. The van der Waals surface area contributed by atoms with E-state index in [4.69, 9.17) is 0 Å². The Morgan fingerprint density at radius 1 is 0.456 bits per heavy atom. The van der Waals surface area contributed by atoms with Crippen molar-refractivity contribution in [3.05, 3.63) is 178 Å². The highest BCUT2D eigenvalue weighted by Gasteiger charge is 2.48. The van der Waals surface area contributed by atoms with E-state index in [1.807, 2.05) is 0 Å². The van der Waals surface area contributed by atoms with E-state index in [2.05, 4.69) is 284 Å². The summed E-state index contributed by atoms with van der Waals surface area (Å²) in [7, 11) is 0. The van der Waals surface area contributed by atoms with Crippen LogP contribution >= 0.6 is 11.3 Å². The highest BCUT2D eigenvalue weighted by molar-refractivity contribution is 7.33. The molecule has 1 aromatic heterocycles. The molecule has 0 N–H and O–H groups in total. The number of hydrogen-bond acceptors (Lipinski definition) is 4. The van der Waals surface area contributed by atoms with Gasteiger partial charge in [-0.15, -0.1) is 11.3 Å². The molecule has 0 bridgehead atoms.